The highest BCUT2D eigenvalue weighted by Gasteiger charge is 2.35. The second-order valence-corrected chi connectivity index (χ2v) is 5.02. The van der Waals surface area contributed by atoms with E-state index in [9.17, 15) is 4.79 Å². The van der Waals surface area contributed by atoms with Crippen LogP contribution >= 0.6 is 0 Å². The second-order valence-electron chi connectivity index (χ2n) is 5.02. The Bertz CT molecular complexity index is 335. The number of fused-ring (bicyclic) bond motifs is 1. The molecule has 0 aromatic carbocycles. The van der Waals surface area contributed by atoms with Gasteiger partial charge >= 0.3 is 0 Å². The molecule has 94 valence electrons. The van der Waals surface area contributed by atoms with Crippen molar-refractivity contribution >= 4 is 5.91 Å². The molecule has 0 N–H and O–H groups in total. The molecule has 0 bridgehead atoms. The van der Waals surface area contributed by atoms with Gasteiger partial charge in [-0.3, -0.25) is 9.69 Å². The summed E-state index contributed by atoms with van der Waals surface area (Å²) in [6.07, 6.45) is 9.87. The van der Waals surface area contributed by atoms with Gasteiger partial charge in [-0.25, -0.2) is 0 Å². The molecule has 2 saturated heterocycles. The molecule has 0 unspecified atom stereocenters. The molecule has 3 heteroatoms. The maximum Gasteiger partial charge on any atom is 0.246 e. The third kappa shape index (κ3) is 2.78. The molecule has 2 aliphatic heterocycles. The van der Waals surface area contributed by atoms with E-state index in [4.69, 9.17) is 0 Å². The van der Waals surface area contributed by atoms with E-state index in [1.807, 2.05) is 30.1 Å². The summed E-state index contributed by atoms with van der Waals surface area (Å²) >= 11 is 0. The molecule has 2 rings (SSSR count). The van der Waals surface area contributed by atoms with Crippen LogP contribution in [-0.4, -0.2) is 47.4 Å². The summed E-state index contributed by atoms with van der Waals surface area (Å²) in [7, 11) is 0. The molecule has 2 atom stereocenters. The van der Waals surface area contributed by atoms with Crippen LogP contribution in [0.2, 0.25) is 0 Å². The van der Waals surface area contributed by atoms with Gasteiger partial charge in [-0.15, -0.1) is 0 Å². The van der Waals surface area contributed by atoms with Gasteiger partial charge in [0.2, 0.25) is 5.91 Å². The van der Waals surface area contributed by atoms with Crippen LogP contribution in [0, 0.1) is 0 Å². The van der Waals surface area contributed by atoms with Crippen molar-refractivity contribution in [2.45, 2.75) is 38.8 Å². The van der Waals surface area contributed by atoms with E-state index in [1.165, 1.54) is 19.4 Å². The lowest BCUT2D eigenvalue weighted by Crippen LogP contribution is -2.56. The second kappa shape index (κ2) is 5.50. The quantitative estimate of drug-likeness (QED) is 0.537. The van der Waals surface area contributed by atoms with Gasteiger partial charge in [0.25, 0.3) is 0 Å². The number of hydrogen-bond acceptors (Lipinski definition) is 2. The number of amides is 1. The topological polar surface area (TPSA) is 23.6 Å². The number of carbonyl (C=O) groups is 1. The van der Waals surface area contributed by atoms with E-state index in [1.54, 1.807) is 6.08 Å². The van der Waals surface area contributed by atoms with Crippen LogP contribution in [-0.2, 0) is 4.79 Å². The van der Waals surface area contributed by atoms with Crippen molar-refractivity contribution in [2.24, 2.45) is 0 Å². The van der Waals surface area contributed by atoms with Gasteiger partial charge in [-0.2, -0.15) is 0 Å². The van der Waals surface area contributed by atoms with Gasteiger partial charge in [-0.1, -0.05) is 18.2 Å². The van der Waals surface area contributed by atoms with Gasteiger partial charge in [0.05, 0.1) is 0 Å². The summed E-state index contributed by atoms with van der Waals surface area (Å²) in [5.74, 6) is 0.155. The van der Waals surface area contributed by atoms with E-state index in [0.29, 0.717) is 12.1 Å². The van der Waals surface area contributed by atoms with Crippen LogP contribution in [0.3, 0.4) is 0 Å². The lowest BCUT2D eigenvalue weighted by Gasteiger charge is -2.41. The van der Waals surface area contributed by atoms with Gasteiger partial charge in [-0.05, 0) is 33.2 Å². The number of allylic oxidation sites excluding steroid dienone is 3. The highest BCUT2D eigenvalue weighted by Crippen LogP contribution is 2.24. The van der Waals surface area contributed by atoms with Gasteiger partial charge < -0.3 is 4.90 Å². The summed E-state index contributed by atoms with van der Waals surface area (Å²) in [6, 6.07) is 0.942. The SMILES string of the molecule is C/C=C/C=C\C(=O)N1C[C@@H]2CCCN2C[C@H]1C. The molecular formula is C14H22N2O. The van der Waals surface area contributed by atoms with Gasteiger partial charge in [0, 0.05) is 31.2 Å². The summed E-state index contributed by atoms with van der Waals surface area (Å²) in [6.45, 7) is 7.25. The average Bonchev–Trinajstić information content (AvgIpc) is 2.75. The van der Waals surface area contributed by atoms with Crippen LogP contribution in [0.25, 0.3) is 0 Å². The first kappa shape index (κ1) is 12.4. The maximum absolute atomic E-state index is 12.1. The molecule has 0 aromatic rings. The number of rotatable bonds is 2. The fourth-order valence-electron chi connectivity index (χ4n) is 2.84. The van der Waals surface area contributed by atoms with Crippen LogP contribution < -0.4 is 0 Å². The highest BCUT2D eigenvalue weighted by atomic mass is 16.2. The predicted molar refractivity (Wildman–Crippen MR) is 69.7 cm³/mol. The Morgan fingerprint density at radius 3 is 2.88 bits per heavy atom. The molecule has 3 nitrogen and oxygen atoms in total. The number of nitrogens with zero attached hydrogens (tertiary/aromatic N) is 2. The zero-order valence-corrected chi connectivity index (χ0v) is 10.8. The molecule has 2 aliphatic rings. The predicted octanol–water partition coefficient (Wildman–Crippen LogP) is 1.81. The first-order valence-corrected chi connectivity index (χ1v) is 6.56. The first-order valence-electron chi connectivity index (χ1n) is 6.56. The minimum Gasteiger partial charge on any atom is -0.334 e. The molecule has 1 amide bonds. The fraction of sp³-hybridized carbons (Fsp3) is 0.643. The summed E-state index contributed by atoms with van der Waals surface area (Å²) in [5.41, 5.74) is 0. The lowest BCUT2D eigenvalue weighted by molar-refractivity contribution is -0.131. The lowest BCUT2D eigenvalue weighted by atomic mass is 10.1. The van der Waals surface area contributed by atoms with Gasteiger partial charge in [0.1, 0.15) is 0 Å². The van der Waals surface area contributed by atoms with E-state index in [2.05, 4.69) is 11.8 Å². The Labute approximate surface area is 104 Å². The van der Waals surface area contributed by atoms with Crippen LogP contribution in [0.4, 0.5) is 0 Å². The summed E-state index contributed by atoms with van der Waals surface area (Å²) in [4.78, 5) is 16.6. The Kier molecular flexibility index (Phi) is 4.00. The smallest absolute Gasteiger partial charge is 0.246 e. The van der Waals surface area contributed by atoms with Crippen molar-refractivity contribution in [3.05, 3.63) is 24.3 Å². The molecule has 0 aromatic heterocycles. The summed E-state index contributed by atoms with van der Waals surface area (Å²) in [5, 5.41) is 0. The normalized spacial score (nSPS) is 30.4. The van der Waals surface area contributed by atoms with Crippen LogP contribution in [0.1, 0.15) is 26.7 Å². The fourth-order valence-corrected chi connectivity index (χ4v) is 2.84. The van der Waals surface area contributed by atoms with Crippen molar-refractivity contribution in [2.75, 3.05) is 19.6 Å². The molecule has 2 fully saturated rings. The van der Waals surface area contributed by atoms with Crippen LogP contribution in [0.15, 0.2) is 24.3 Å². The highest BCUT2D eigenvalue weighted by molar-refractivity contribution is 5.88. The third-order valence-electron chi connectivity index (χ3n) is 3.76. The molecule has 0 radical (unpaired) electrons. The van der Waals surface area contributed by atoms with Crippen molar-refractivity contribution < 1.29 is 4.79 Å². The molecule has 0 saturated carbocycles. The van der Waals surface area contributed by atoms with Crippen molar-refractivity contribution in [3.63, 3.8) is 0 Å². The minimum absolute atomic E-state index is 0.155. The molecule has 2 heterocycles. The number of piperazine rings is 1. The zero-order chi connectivity index (χ0) is 12.3. The summed E-state index contributed by atoms with van der Waals surface area (Å²) < 4.78 is 0. The largest absolute Gasteiger partial charge is 0.334 e. The third-order valence-corrected chi connectivity index (χ3v) is 3.76. The van der Waals surface area contributed by atoms with Crippen molar-refractivity contribution in [1.29, 1.82) is 0 Å². The molecule has 0 spiro atoms. The monoisotopic (exact) mass is 234 g/mol. The maximum atomic E-state index is 12.1. The van der Waals surface area contributed by atoms with Crippen LogP contribution in [0.5, 0.6) is 0 Å². The van der Waals surface area contributed by atoms with Crippen molar-refractivity contribution in [1.82, 2.24) is 9.80 Å². The molecular weight excluding hydrogens is 212 g/mol. The standard InChI is InChI=1S/C14H22N2O/c1-3-4-5-8-14(17)16-11-13-7-6-9-15(13)10-12(16)2/h3-5,8,12-13H,6-7,9-11H2,1-2H3/b4-3+,8-5-/t12-,13+/m1/s1. The van der Waals surface area contributed by atoms with Gasteiger partial charge in [0.15, 0.2) is 0 Å². The Balaban J connectivity index is 1.98. The Morgan fingerprint density at radius 1 is 1.29 bits per heavy atom. The molecule has 17 heavy (non-hydrogen) atoms. The average molecular weight is 234 g/mol. The minimum atomic E-state index is 0.155. The van der Waals surface area contributed by atoms with E-state index < -0.39 is 0 Å². The first-order chi connectivity index (χ1) is 8.22. The number of hydrogen-bond donors (Lipinski definition) is 0. The van der Waals surface area contributed by atoms with Crippen molar-refractivity contribution in [3.8, 4) is 0 Å². The van der Waals surface area contributed by atoms with E-state index >= 15 is 0 Å². The molecule has 0 aliphatic carbocycles. The number of carbonyl (C=O) groups excluding carboxylic acids is 1. The Morgan fingerprint density at radius 2 is 2.12 bits per heavy atom. The van der Waals surface area contributed by atoms with E-state index in [-0.39, 0.29) is 5.91 Å². The Hall–Kier alpha value is -1.09. The zero-order valence-electron chi connectivity index (χ0n) is 10.8. The van der Waals surface area contributed by atoms with E-state index in [0.717, 1.165) is 13.1 Å².